The first-order valence-electron chi connectivity index (χ1n) is 8.39. The fourth-order valence-electron chi connectivity index (χ4n) is 3.44. The van der Waals surface area contributed by atoms with Crippen LogP contribution >= 0.6 is 11.8 Å². The van der Waals surface area contributed by atoms with Crippen LogP contribution in [0.5, 0.6) is 0 Å². The van der Waals surface area contributed by atoms with Gasteiger partial charge in [0.1, 0.15) is 0 Å². The van der Waals surface area contributed by atoms with Gasteiger partial charge in [0.05, 0.1) is 5.69 Å². The van der Waals surface area contributed by atoms with Crippen molar-refractivity contribution < 1.29 is 14.4 Å². The molecule has 1 aliphatic heterocycles. The molecule has 1 aromatic rings. The van der Waals surface area contributed by atoms with Gasteiger partial charge in [-0.1, -0.05) is 0 Å². The average molecular weight is 349 g/mol. The molecule has 2 amide bonds. The fourth-order valence-corrected chi connectivity index (χ4v) is 4.35. The summed E-state index contributed by atoms with van der Waals surface area (Å²) in [5.74, 6) is 1.09. The van der Waals surface area contributed by atoms with Crippen LogP contribution in [0.4, 0.5) is 0 Å². The lowest BCUT2D eigenvalue weighted by Gasteiger charge is -2.29. The molecule has 130 valence electrons. The van der Waals surface area contributed by atoms with E-state index in [0.29, 0.717) is 12.1 Å². The number of nitrogens with zero attached hydrogens (tertiary/aromatic N) is 2. The van der Waals surface area contributed by atoms with Crippen molar-refractivity contribution in [2.24, 2.45) is 13.0 Å². The van der Waals surface area contributed by atoms with Crippen molar-refractivity contribution in [1.82, 2.24) is 14.8 Å². The third kappa shape index (κ3) is 3.66. The molecule has 1 saturated carbocycles. The van der Waals surface area contributed by atoms with Crippen molar-refractivity contribution in [3.05, 3.63) is 24.0 Å². The minimum Gasteiger partial charge on any atom is -0.348 e. The zero-order chi connectivity index (χ0) is 17.1. The summed E-state index contributed by atoms with van der Waals surface area (Å²) in [5, 5.41) is 2.81. The van der Waals surface area contributed by atoms with E-state index in [1.807, 2.05) is 16.7 Å². The van der Waals surface area contributed by atoms with Gasteiger partial charge in [-0.25, -0.2) is 0 Å². The van der Waals surface area contributed by atoms with Crippen LogP contribution in [0.15, 0.2) is 18.3 Å². The predicted molar refractivity (Wildman–Crippen MR) is 92.9 cm³/mol. The molecular weight excluding hydrogens is 326 g/mol. The van der Waals surface area contributed by atoms with Gasteiger partial charge in [-0.15, -0.1) is 0 Å². The van der Waals surface area contributed by atoms with Crippen molar-refractivity contribution >= 4 is 29.4 Å². The lowest BCUT2D eigenvalue weighted by Crippen LogP contribution is -2.42. The maximum Gasteiger partial charge on any atom is 0.294 e. The monoisotopic (exact) mass is 349 g/mol. The third-order valence-corrected chi connectivity index (χ3v) is 5.76. The Morgan fingerprint density at radius 3 is 2.62 bits per heavy atom. The van der Waals surface area contributed by atoms with Crippen LogP contribution in [-0.2, 0) is 16.6 Å². The van der Waals surface area contributed by atoms with Gasteiger partial charge in [0.2, 0.25) is 5.91 Å². The zero-order valence-corrected chi connectivity index (χ0v) is 14.7. The van der Waals surface area contributed by atoms with Gasteiger partial charge in [0.15, 0.2) is 0 Å². The molecule has 0 radical (unpaired) electrons. The van der Waals surface area contributed by atoms with Crippen LogP contribution < -0.4 is 5.32 Å². The summed E-state index contributed by atoms with van der Waals surface area (Å²) >= 11 is 1.88. The van der Waals surface area contributed by atoms with E-state index in [9.17, 15) is 14.4 Å². The molecular formula is C17H23N3O3S. The van der Waals surface area contributed by atoms with Gasteiger partial charge in [0, 0.05) is 49.8 Å². The van der Waals surface area contributed by atoms with Crippen LogP contribution in [-0.4, -0.2) is 57.7 Å². The number of rotatable bonds is 4. The number of ketones is 1. The summed E-state index contributed by atoms with van der Waals surface area (Å²) in [7, 11) is 1.74. The summed E-state index contributed by atoms with van der Waals surface area (Å²) in [6, 6.07) is 3.29. The maximum absolute atomic E-state index is 12.5. The van der Waals surface area contributed by atoms with Crippen LogP contribution in [0.1, 0.15) is 29.8 Å². The van der Waals surface area contributed by atoms with Crippen molar-refractivity contribution in [3.63, 3.8) is 0 Å². The molecule has 3 rings (SSSR count). The number of carbonyl (C=O) groups excluding carboxylic acids is 3. The first-order valence-corrected chi connectivity index (χ1v) is 9.55. The Kier molecular flexibility index (Phi) is 5.28. The molecule has 0 aromatic carbocycles. The smallest absolute Gasteiger partial charge is 0.294 e. The largest absolute Gasteiger partial charge is 0.348 e. The average Bonchev–Trinajstić information content (AvgIpc) is 3.23. The van der Waals surface area contributed by atoms with E-state index in [4.69, 9.17) is 0 Å². The first kappa shape index (κ1) is 17.1. The highest BCUT2D eigenvalue weighted by Gasteiger charge is 2.34. The number of hydrogen-bond acceptors (Lipinski definition) is 4. The molecule has 0 spiro atoms. The third-order valence-electron chi connectivity index (χ3n) is 4.82. The van der Waals surface area contributed by atoms with E-state index in [2.05, 4.69) is 5.32 Å². The minimum absolute atomic E-state index is 0.0245. The molecule has 1 saturated heterocycles. The van der Waals surface area contributed by atoms with Crippen molar-refractivity contribution in [2.75, 3.05) is 24.6 Å². The Labute approximate surface area is 146 Å². The molecule has 1 aromatic heterocycles. The summed E-state index contributed by atoms with van der Waals surface area (Å²) in [6.45, 7) is 1.64. The molecule has 1 aliphatic carbocycles. The van der Waals surface area contributed by atoms with Gasteiger partial charge in [-0.05, 0) is 31.4 Å². The second kappa shape index (κ2) is 7.42. The maximum atomic E-state index is 12.5. The number of thioether (sulfide) groups is 1. The first-order chi connectivity index (χ1) is 11.6. The summed E-state index contributed by atoms with van der Waals surface area (Å²) < 4.78 is 1.64. The van der Waals surface area contributed by atoms with Gasteiger partial charge in [-0.3, -0.25) is 14.4 Å². The van der Waals surface area contributed by atoms with E-state index >= 15 is 0 Å². The fraction of sp³-hybridized carbons (Fsp3) is 0.588. The van der Waals surface area contributed by atoms with Crippen LogP contribution in [0.25, 0.3) is 0 Å². The highest BCUT2D eigenvalue weighted by molar-refractivity contribution is 7.99. The molecule has 2 heterocycles. The molecule has 0 unspecified atom stereocenters. The number of aryl methyl sites for hydroxylation is 1. The SMILES string of the molecule is Cn1cccc1C(=O)C(=O)N[C@H]1CC[C@@H](C(=O)N2CCSCC2)C1. The van der Waals surface area contributed by atoms with Gasteiger partial charge >= 0.3 is 0 Å². The minimum atomic E-state index is -0.579. The number of nitrogens with one attached hydrogen (secondary N) is 1. The number of hydrogen-bond donors (Lipinski definition) is 1. The van der Waals surface area contributed by atoms with Gasteiger partial charge < -0.3 is 14.8 Å². The molecule has 7 heteroatoms. The Hall–Kier alpha value is -1.76. The molecule has 6 nitrogen and oxygen atoms in total. The van der Waals surface area contributed by atoms with E-state index in [-0.39, 0.29) is 17.9 Å². The van der Waals surface area contributed by atoms with Crippen molar-refractivity contribution in [1.29, 1.82) is 0 Å². The molecule has 2 fully saturated rings. The topological polar surface area (TPSA) is 71.4 Å². The van der Waals surface area contributed by atoms with E-state index in [1.54, 1.807) is 29.9 Å². The lowest BCUT2D eigenvalue weighted by molar-refractivity contribution is -0.135. The second-order valence-electron chi connectivity index (χ2n) is 6.45. The Morgan fingerprint density at radius 1 is 1.21 bits per heavy atom. The Morgan fingerprint density at radius 2 is 1.96 bits per heavy atom. The number of carbonyl (C=O) groups is 3. The summed E-state index contributed by atoms with van der Waals surface area (Å²) in [5.41, 5.74) is 0.379. The summed E-state index contributed by atoms with van der Waals surface area (Å²) in [4.78, 5) is 38.8. The number of aromatic nitrogens is 1. The van der Waals surface area contributed by atoms with E-state index in [0.717, 1.165) is 37.4 Å². The van der Waals surface area contributed by atoms with Crippen molar-refractivity contribution in [2.45, 2.75) is 25.3 Å². The number of amides is 2. The second-order valence-corrected chi connectivity index (χ2v) is 7.68. The van der Waals surface area contributed by atoms with Gasteiger partial charge in [0.25, 0.3) is 11.7 Å². The van der Waals surface area contributed by atoms with Crippen LogP contribution in [0.2, 0.25) is 0 Å². The molecule has 24 heavy (non-hydrogen) atoms. The predicted octanol–water partition coefficient (Wildman–Crippen LogP) is 1.07. The zero-order valence-electron chi connectivity index (χ0n) is 13.9. The van der Waals surface area contributed by atoms with Crippen molar-refractivity contribution in [3.8, 4) is 0 Å². The standard InChI is InChI=1S/C17H23N3O3S/c1-19-6-2-3-14(19)15(21)16(22)18-13-5-4-12(11-13)17(23)20-7-9-24-10-8-20/h2-3,6,12-13H,4-5,7-11H2,1H3,(H,18,22)/t12-,13+/m1/s1. The molecule has 1 N–H and O–H groups in total. The molecule has 2 aliphatic rings. The molecule has 2 atom stereocenters. The highest BCUT2D eigenvalue weighted by Crippen LogP contribution is 2.28. The van der Waals surface area contributed by atoms with E-state index in [1.165, 1.54) is 0 Å². The summed E-state index contributed by atoms with van der Waals surface area (Å²) in [6.07, 6.45) is 3.91. The highest BCUT2D eigenvalue weighted by atomic mass is 32.2. The number of Topliss-reactive ketones (excluding diaryl/α,β-unsaturated/α-hetero) is 1. The van der Waals surface area contributed by atoms with Crippen LogP contribution in [0.3, 0.4) is 0 Å². The Balaban J connectivity index is 1.52. The van der Waals surface area contributed by atoms with E-state index < -0.39 is 11.7 Å². The quantitative estimate of drug-likeness (QED) is 0.652. The van der Waals surface area contributed by atoms with Gasteiger partial charge in [-0.2, -0.15) is 11.8 Å². The van der Waals surface area contributed by atoms with Crippen LogP contribution in [0, 0.1) is 5.92 Å². The normalized spacial score (nSPS) is 24.0. The Bertz CT molecular complexity index is 637. The lowest BCUT2D eigenvalue weighted by atomic mass is 10.1. The molecule has 0 bridgehead atoms.